The van der Waals surface area contributed by atoms with Gasteiger partial charge in [-0.25, -0.2) is 4.79 Å². The first-order valence-electron chi connectivity index (χ1n) is 6.75. The minimum absolute atomic E-state index is 0.286. The van der Waals surface area contributed by atoms with Crippen molar-refractivity contribution < 1.29 is 19.1 Å². The van der Waals surface area contributed by atoms with Gasteiger partial charge in [0.1, 0.15) is 6.29 Å². The summed E-state index contributed by atoms with van der Waals surface area (Å²) in [5, 5.41) is 0. The maximum atomic E-state index is 12.2. The molecule has 0 bridgehead atoms. The van der Waals surface area contributed by atoms with Gasteiger partial charge in [-0.1, -0.05) is 22.0 Å². The van der Waals surface area contributed by atoms with Gasteiger partial charge in [0.15, 0.2) is 11.5 Å². The highest BCUT2D eigenvalue weighted by molar-refractivity contribution is 9.10. The third kappa shape index (κ3) is 3.74. The Bertz CT molecular complexity index is 710. The topological polar surface area (TPSA) is 52.6 Å². The Morgan fingerprint density at radius 1 is 1.18 bits per heavy atom. The summed E-state index contributed by atoms with van der Waals surface area (Å²) in [6.07, 6.45) is 0.713. The van der Waals surface area contributed by atoms with Crippen LogP contribution >= 0.6 is 15.9 Å². The van der Waals surface area contributed by atoms with Crippen LogP contribution in [0.3, 0.4) is 0 Å². The lowest BCUT2D eigenvalue weighted by Gasteiger charge is -2.11. The Hall–Kier alpha value is -2.14. The van der Waals surface area contributed by atoms with Crippen LogP contribution < -0.4 is 9.47 Å². The third-order valence-electron chi connectivity index (χ3n) is 3.01. The molecular formula is C17H15BrO4. The van der Waals surface area contributed by atoms with Crippen LogP contribution in [0, 0.1) is 6.92 Å². The molecule has 0 N–H and O–H groups in total. The second-order valence-corrected chi connectivity index (χ2v) is 5.46. The molecule has 0 atom stereocenters. The van der Waals surface area contributed by atoms with Crippen LogP contribution in [0.4, 0.5) is 0 Å². The maximum absolute atomic E-state index is 12.2. The number of carbonyl (C=O) groups is 2. The fourth-order valence-electron chi connectivity index (χ4n) is 1.83. The zero-order valence-electron chi connectivity index (χ0n) is 12.3. The van der Waals surface area contributed by atoms with Gasteiger partial charge in [-0.05, 0) is 49.7 Å². The second kappa shape index (κ2) is 7.22. The molecule has 0 saturated heterocycles. The number of aldehydes is 1. The number of carbonyl (C=O) groups excluding carboxylic acids is 2. The molecule has 0 aliphatic carbocycles. The summed E-state index contributed by atoms with van der Waals surface area (Å²) < 4.78 is 11.6. The van der Waals surface area contributed by atoms with Crippen molar-refractivity contribution in [2.45, 2.75) is 13.8 Å². The molecule has 0 spiro atoms. The van der Waals surface area contributed by atoms with E-state index in [0.717, 1.165) is 10.0 Å². The summed E-state index contributed by atoms with van der Waals surface area (Å²) in [6, 6.07) is 9.91. The summed E-state index contributed by atoms with van der Waals surface area (Å²) in [5.74, 6) is 0.168. The zero-order valence-corrected chi connectivity index (χ0v) is 13.8. The Kier molecular flexibility index (Phi) is 5.33. The molecule has 2 aromatic carbocycles. The average molecular weight is 363 g/mol. The number of hydrogen-bond acceptors (Lipinski definition) is 4. The largest absolute Gasteiger partial charge is 0.490 e. The van der Waals surface area contributed by atoms with E-state index in [2.05, 4.69) is 15.9 Å². The van der Waals surface area contributed by atoms with Gasteiger partial charge in [0.05, 0.1) is 12.2 Å². The van der Waals surface area contributed by atoms with E-state index in [4.69, 9.17) is 9.47 Å². The molecular weight excluding hydrogens is 348 g/mol. The highest BCUT2D eigenvalue weighted by Gasteiger charge is 2.14. The smallest absolute Gasteiger partial charge is 0.343 e. The minimum atomic E-state index is -0.486. The van der Waals surface area contributed by atoms with Crippen molar-refractivity contribution in [1.82, 2.24) is 0 Å². The van der Waals surface area contributed by atoms with Crippen LogP contribution in [0.15, 0.2) is 40.9 Å². The molecule has 0 fully saturated rings. The van der Waals surface area contributed by atoms with Crippen molar-refractivity contribution in [3.63, 3.8) is 0 Å². The van der Waals surface area contributed by atoms with Gasteiger partial charge in [0.2, 0.25) is 0 Å². The highest BCUT2D eigenvalue weighted by Crippen LogP contribution is 2.29. The maximum Gasteiger partial charge on any atom is 0.343 e. The predicted octanol–water partition coefficient (Wildman–Crippen LogP) is 4.19. The summed E-state index contributed by atoms with van der Waals surface area (Å²) in [6.45, 7) is 4.16. The number of esters is 1. The molecule has 114 valence electrons. The van der Waals surface area contributed by atoms with Crippen molar-refractivity contribution in [2.24, 2.45) is 0 Å². The van der Waals surface area contributed by atoms with Crippen LogP contribution in [0.5, 0.6) is 11.5 Å². The molecule has 2 rings (SSSR count). The van der Waals surface area contributed by atoms with Crippen LogP contribution in [-0.2, 0) is 0 Å². The van der Waals surface area contributed by atoms with Crippen LogP contribution in [0.1, 0.15) is 33.2 Å². The van der Waals surface area contributed by atoms with Gasteiger partial charge < -0.3 is 9.47 Å². The van der Waals surface area contributed by atoms with Crippen molar-refractivity contribution in [3.8, 4) is 11.5 Å². The first-order chi connectivity index (χ1) is 10.5. The Labute approximate surface area is 137 Å². The SMILES string of the molecule is CCOc1cc(C=O)ccc1OC(=O)c1ccc(C)c(Br)c1. The lowest BCUT2D eigenvalue weighted by atomic mass is 10.1. The molecule has 0 unspecified atom stereocenters. The van der Waals surface area contributed by atoms with E-state index in [1.165, 1.54) is 0 Å². The normalized spacial score (nSPS) is 10.1. The average Bonchev–Trinajstić information content (AvgIpc) is 2.51. The van der Waals surface area contributed by atoms with Crippen LogP contribution in [0.25, 0.3) is 0 Å². The highest BCUT2D eigenvalue weighted by atomic mass is 79.9. The summed E-state index contributed by atoms with van der Waals surface area (Å²) >= 11 is 3.39. The van der Waals surface area contributed by atoms with Gasteiger partial charge in [-0.15, -0.1) is 0 Å². The van der Waals surface area contributed by atoms with Gasteiger partial charge in [-0.3, -0.25) is 4.79 Å². The number of rotatable bonds is 5. The van der Waals surface area contributed by atoms with E-state index in [9.17, 15) is 9.59 Å². The van der Waals surface area contributed by atoms with Crippen molar-refractivity contribution in [1.29, 1.82) is 0 Å². The summed E-state index contributed by atoms with van der Waals surface area (Å²) in [4.78, 5) is 23.0. The molecule has 2 aromatic rings. The first kappa shape index (κ1) is 16.2. The van der Waals surface area contributed by atoms with Crippen molar-refractivity contribution in [3.05, 3.63) is 57.6 Å². The number of halogens is 1. The molecule has 0 aromatic heterocycles. The monoisotopic (exact) mass is 362 g/mol. The molecule has 0 aliphatic heterocycles. The molecule has 5 heteroatoms. The van der Waals surface area contributed by atoms with Gasteiger partial charge in [-0.2, -0.15) is 0 Å². The van der Waals surface area contributed by atoms with E-state index in [1.807, 2.05) is 19.9 Å². The fraction of sp³-hybridized carbons (Fsp3) is 0.176. The number of ether oxygens (including phenoxy) is 2. The second-order valence-electron chi connectivity index (χ2n) is 4.61. The van der Waals surface area contributed by atoms with Gasteiger partial charge in [0, 0.05) is 10.0 Å². The van der Waals surface area contributed by atoms with E-state index in [1.54, 1.807) is 30.3 Å². The van der Waals surface area contributed by atoms with E-state index in [-0.39, 0.29) is 5.75 Å². The molecule has 0 amide bonds. The summed E-state index contributed by atoms with van der Waals surface area (Å²) in [7, 11) is 0. The molecule has 22 heavy (non-hydrogen) atoms. The standard InChI is InChI=1S/C17H15BrO4/c1-3-21-16-8-12(10-19)5-7-15(16)22-17(20)13-6-4-11(2)14(18)9-13/h4-10H,3H2,1-2H3. The van der Waals surface area contributed by atoms with Crippen molar-refractivity contribution in [2.75, 3.05) is 6.61 Å². The summed E-state index contributed by atoms with van der Waals surface area (Å²) in [5.41, 5.74) is 1.92. The first-order valence-corrected chi connectivity index (χ1v) is 7.54. The fourth-order valence-corrected chi connectivity index (χ4v) is 2.21. The van der Waals surface area contributed by atoms with Gasteiger partial charge >= 0.3 is 5.97 Å². The lowest BCUT2D eigenvalue weighted by molar-refractivity contribution is 0.0728. The molecule has 0 saturated carbocycles. The zero-order chi connectivity index (χ0) is 16.1. The van der Waals surface area contributed by atoms with Crippen molar-refractivity contribution >= 4 is 28.2 Å². The number of hydrogen-bond donors (Lipinski definition) is 0. The van der Waals surface area contributed by atoms with Crippen LogP contribution in [0.2, 0.25) is 0 Å². The quantitative estimate of drug-likeness (QED) is 0.454. The molecule has 0 radical (unpaired) electrons. The molecule has 0 aliphatic rings. The van der Waals surface area contributed by atoms with E-state index < -0.39 is 5.97 Å². The Balaban J connectivity index is 2.27. The molecule has 0 heterocycles. The molecule has 4 nitrogen and oxygen atoms in total. The number of benzene rings is 2. The third-order valence-corrected chi connectivity index (χ3v) is 3.87. The Morgan fingerprint density at radius 3 is 2.59 bits per heavy atom. The lowest BCUT2D eigenvalue weighted by Crippen LogP contribution is -2.10. The Morgan fingerprint density at radius 2 is 1.95 bits per heavy atom. The number of aryl methyl sites for hydroxylation is 1. The van der Waals surface area contributed by atoms with Crippen LogP contribution in [-0.4, -0.2) is 18.9 Å². The van der Waals surface area contributed by atoms with Gasteiger partial charge in [0.25, 0.3) is 0 Å². The van der Waals surface area contributed by atoms with E-state index in [0.29, 0.717) is 29.8 Å². The predicted molar refractivity (Wildman–Crippen MR) is 86.8 cm³/mol. The minimum Gasteiger partial charge on any atom is -0.490 e. The van der Waals surface area contributed by atoms with E-state index >= 15 is 0 Å².